The lowest BCUT2D eigenvalue weighted by Crippen LogP contribution is -2.45. The molecule has 0 saturated carbocycles. The van der Waals surface area contributed by atoms with E-state index in [1.165, 1.54) is 55.6 Å². The second kappa shape index (κ2) is 8.89. The third kappa shape index (κ3) is 5.70. The topological polar surface area (TPSA) is 18.5 Å². The van der Waals surface area contributed by atoms with E-state index in [1.54, 1.807) is 0 Å². The number of rotatable bonds is 7. The molecule has 1 fully saturated rings. The molecule has 1 N–H and O–H groups in total. The van der Waals surface area contributed by atoms with Gasteiger partial charge in [0.15, 0.2) is 0 Å². The van der Waals surface area contributed by atoms with Crippen molar-refractivity contribution >= 4 is 15.9 Å². The maximum Gasteiger partial charge on any atom is 0.0332 e. The van der Waals surface area contributed by atoms with Crippen molar-refractivity contribution in [2.45, 2.75) is 25.8 Å². The lowest BCUT2D eigenvalue weighted by Gasteiger charge is -2.33. The first kappa shape index (κ1) is 16.9. The van der Waals surface area contributed by atoms with Gasteiger partial charge in [-0.3, -0.25) is 0 Å². The summed E-state index contributed by atoms with van der Waals surface area (Å²) in [6, 6.07) is 9.18. The lowest BCUT2D eigenvalue weighted by molar-refractivity contribution is 0.148. The number of halogens is 1. The zero-order valence-electron chi connectivity index (χ0n) is 13.3. The standard InChI is InChI=1S/C17H28BrN3/c1-3-8-19-17(15-5-4-6-16(18)14-15)7-9-21-12-10-20(2)11-13-21/h4-6,14,17,19H,3,7-13H2,1-2H3. The van der Waals surface area contributed by atoms with Crippen LogP contribution in [0.25, 0.3) is 0 Å². The molecule has 1 aromatic carbocycles. The Balaban J connectivity index is 1.90. The number of likely N-dealkylation sites (N-methyl/N-ethyl adjacent to an activating group) is 1. The van der Waals surface area contributed by atoms with Gasteiger partial charge in [0.2, 0.25) is 0 Å². The molecule has 1 saturated heterocycles. The summed E-state index contributed by atoms with van der Waals surface area (Å²) in [4.78, 5) is 5.01. The molecule has 1 atom stereocenters. The first-order valence-electron chi connectivity index (χ1n) is 8.08. The van der Waals surface area contributed by atoms with E-state index in [0.717, 1.165) is 6.54 Å². The van der Waals surface area contributed by atoms with Crippen LogP contribution < -0.4 is 5.32 Å². The Morgan fingerprint density at radius 3 is 2.67 bits per heavy atom. The van der Waals surface area contributed by atoms with Gasteiger partial charge < -0.3 is 15.1 Å². The molecule has 1 heterocycles. The fourth-order valence-electron chi connectivity index (χ4n) is 2.81. The highest BCUT2D eigenvalue weighted by atomic mass is 79.9. The molecule has 0 aromatic heterocycles. The minimum Gasteiger partial charge on any atom is -0.310 e. The van der Waals surface area contributed by atoms with E-state index in [1.807, 2.05) is 0 Å². The van der Waals surface area contributed by atoms with E-state index < -0.39 is 0 Å². The van der Waals surface area contributed by atoms with Gasteiger partial charge in [0.05, 0.1) is 0 Å². The van der Waals surface area contributed by atoms with Crippen LogP contribution in [-0.2, 0) is 0 Å². The molecular formula is C17H28BrN3. The molecule has 4 heteroatoms. The van der Waals surface area contributed by atoms with E-state index in [9.17, 15) is 0 Å². The van der Waals surface area contributed by atoms with Crippen LogP contribution in [0.3, 0.4) is 0 Å². The van der Waals surface area contributed by atoms with Crippen molar-refractivity contribution in [2.24, 2.45) is 0 Å². The maximum atomic E-state index is 3.70. The second-order valence-electron chi connectivity index (χ2n) is 6.00. The Hall–Kier alpha value is -0.420. The normalized spacial score (nSPS) is 18.8. The van der Waals surface area contributed by atoms with Crippen molar-refractivity contribution in [3.05, 3.63) is 34.3 Å². The van der Waals surface area contributed by atoms with Crippen LogP contribution in [0.15, 0.2) is 28.7 Å². The molecule has 0 amide bonds. The second-order valence-corrected chi connectivity index (χ2v) is 6.91. The average molecular weight is 354 g/mol. The van der Waals surface area contributed by atoms with Crippen LogP contribution in [0.2, 0.25) is 0 Å². The van der Waals surface area contributed by atoms with E-state index >= 15 is 0 Å². The molecule has 1 aliphatic rings. The predicted molar refractivity (Wildman–Crippen MR) is 93.7 cm³/mol. The zero-order valence-corrected chi connectivity index (χ0v) is 14.9. The smallest absolute Gasteiger partial charge is 0.0332 e. The van der Waals surface area contributed by atoms with Crippen molar-refractivity contribution in [3.8, 4) is 0 Å². The Labute approximate surface area is 137 Å². The highest BCUT2D eigenvalue weighted by Gasteiger charge is 2.16. The average Bonchev–Trinajstić information content (AvgIpc) is 2.49. The largest absolute Gasteiger partial charge is 0.310 e. The van der Waals surface area contributed by atoms with Crippen LogP contribution >= 0.6 is 15.9 Å². The van der Waals surface area contributed by atoms with Gasteiger partial charge in [0.25, 0.3) is 0 Å². The Morgan fingerprint density at radius 2 is 2.00 bits per heavy atom. The van der Waals surface area contributed by atoms with Crippen LogP contribution in [-0.4, -0.2) is 56.1 Å². The highest BCUT2D eigenvalue weighted by molar-refractivity contribution is 9.10. The van der Waals surface area contributed by atoms with Gasteiger partial charge in [0, 0.05) is 43.2 Å². The molecule has 118 valence electrons. The van der Waals surface area contributed by atoms with Gasteiger partial charge >= 0.3 is 0 Å². The molecular weight excluding hydrogens is 326 g/mol. The van der Waals surface area contributed by atoms with Crippen LogP contribution in [0.1, 0.15) is 31.4 Å². The van der Waals surface area contributed by atoms with E-state index in [0.29, 0.717) is 6.04 Å². The van der Waals surface area contributed by atoms with Gasteiger partial charge in [-0.15, -0.1) is 0 Å². The van der Waals surface area contributed by atoms with E-state index in [4.69, 9.17) is 0 Å². The number of benzene rings is 1. The first-order chi connectivity index (χ1) is 10.2. The number of hydrogen-bond acceptors (Lipinski definition) is 3. The molecule has 21 heavy (non-hydrogen) atoms. The number of hydrogen-bond donors (Lipinski definition) is 1. The van der Waals surface area contributed by atoms with Crippen molar-refractivity contribution in [3.63, 3.8) is 0 Å². The summed E-state index contributed by atoms with van der Waals surface area (Å²) >= 11 is 3.59. The molecule has 1 unspecified atom stereocenters. The van der Waals surface area contributed by atoms with Crippen molar-refractivity contribution in [1.82, 2.24) is 15.1 Å². The summed E-state index contributed by atoms with van der Waals surface area (Å²) in [7, 11) is 2.21. The minimum atomic E-state index is 0.460. The van der Waals surface area contributed by atoms with Crippen molar-refractivity contribution in [1.29, 1.82) is 0 Å². The Morgan fingerprint density at radius 1 is 1.24 bits per heavy atom. The summed E-state index contributed by atoms with van der Waals surface area (Å²) in [6.07, 6.45) is 2.36. The monoisotopic (exact) mass is 353 g/mol. The number of nitrogens with zero attached hydrogens (tertiary/aromatic N) is 2. The van der Waals surface area contributed by atoms with Gasteiger partial charge in [0.1, 0.15) is 0 Å². The number of nitrogens with one attached hydrogen (secondary N) is 1. The molecule has 0 aliphatic carbocycles. The van der Waals surface area contributed by atoms with Gasteiger partial charge in [-0.1, -0.05) is 35.0 Å². The molecule has 1 aliphatic heterocycles. The van der Waals surface area contributed by atoms with E-state index in [2.05, 4.69) is 69.3 Å². The predicted octanol–water partition coefficient (Wildman–Crippen LogP) is 3.13. The third-order valence-corrected chi connectivity index (χ3v) is 4.71. The summed E-state index contributed by atoms with van der Waals surface area (Å²) in [5, 5.41) is 3.70. The quantitative estimate of drug-likeness (QED) is 0.812. The zero-order chi connectivity index (χ0) is 15.1. The van der Waals surface area contributed by atoms with Crippen LogP contribution in [0, 0.1) is 0 Å². The molecule has 3 nitrogen and oxygen atoms in total. The summed E-state index contributed by atoms with van der Waals surface area (Å²) < 4.78 is 1.17. The third-order valence-electron chi connectivity index (χ3n) is 4.22. The van der Waals surface area contributed by atoms with Crippen LogP contribution in [0.5, 0.6) is 0 Å². The summed E-state index contributed by atoms with van der Waals surface area (Å²) in [5.41, 5.74) is 1.40. The first-order valence-corrected chi connectivity index (χ1v) is 8.88. The van der Waals surface area contributed by atoms with Crippen molar-refractivity contribution in [2.75, 3.05) is 46.3 Å². The molecule has 0 spiro atoms. The van der Waals surface area contributed by atoms with Crippen LogP contribution in [0.4, 0.5) is 0 Å². The highest BCUT2D eigenvalue weighted by Crippen LogP contribution is 2.21. The number of piperazine rings is 1. The maximum absolute atomic E-state index is 3.70. The van der Waals surface area contributed by atoms with Gasteiger partial charge in [-0.2, -0.15) is 0 Å². The lowest BCUT2D eigenvalue weighted by atomic mass is 10.0. The molecule has 0 radical (unpaired) electrons. The summed E-state index contributed by atoms with van der Waals surface area (Å²) in [6.45, 7) is 9.30. The SMILES string of the molecule is CCCNC(CCN1CCN(C)CC1)c1cccc(Br)c1. The van der Waals surface area contributed by atoms with E-state index in [-0.39, 0.29) is 0 Å². The Bertz CT molecular complexity index is 416. The molecule has 2 rings (SSSR count). The van der Waals surface area contributed by atoms with Gasteiger partial charge in [-0.25, -0.2) is 0 Å². The minimum absolute atomic E-state index is 0.460. The van der Waals surface area contributed by atoms with Gasteiger partial charge in [-0.05, 0) is 44.1 Å². The fraction of sp³-hybridized carbons (Fsp3) is 0.647. The fourth-order valence-corrected chi connectivity index (χ4v) is 3.23. The molecule has 0 bridgehead atoms. The Kier molecular flexibility index (Phi) is 7.17. The van der Waals surface area contributed by atoms with Crippen molar-refractivity contribution < 1.29 is 0 Å². The summed E-state index contributed by atoms with van der Waals surface area (Å²) in [5.74, 6) is 0. The molecule has 1 aromatic rings.